The zero-order chi connectivity index (χ0) is 20.3. The topological polar surface area (TPSA) is 119 Å². The number of nitrogens with two attached hydrogens (primary N) is 1. The monoisotopic (exact) mass is 413 g/mol. The first kappa shape index (κ1) is 19.7. The fourth-order valence-electron chi connectivity index (χ4n) is 3.35. The van der Waals surface area contributed by atoms with Crippen LogP contribution < -0.4 is 15.8 Å². The van der Waals surface area contributed by atoms with Crippen molar-refractivity contribution in [2.24, 2.45) is 5.14 Å². The van der Waals surface area contributed by atoms with Crippen LogP contribution >= 0.6 is 0 Å². The molecule has 3 aromatic rings. The number of benzene rings is 2. The molecular formula is C20H23N5O3S. The van der Waals surface area contributed by atoms with Gasteiger partial charge in [-0.15, -0.1) is 0 Å². The van der Waals surface area contributed by atoms with Gasteiger partial charge in [0.05, 0.1) is 16.5 Å². The largest absolute Gasteiger partial charge is 0.377 e. The molecule has 29 heavy (non-hydrogen) atoms. The zero-order valence-electron chi connectivity index (χ0n) is 15.8. The van der Waals surface area contributed by atoms with E-state index in [1.807, 2.05) is 18.2 Å². The predicted molar refractivity (Wildman–Crippen MR) is 111 cm³/mol. The van der Waals surface area contributed by atoms with Crippen molar-refractivity contribution < 1.29 is 13.2 Å². The van der Waals surface area contributed by atoms with Gasteiger partial charge in [0.25, 0.3) is 0 Å². The molecule has 0 spiro atoms. The fourth-order valence-corrected chi connectivity index (χ4v) is 3.87. The molecule has 1 aliphatic rings. The Morgan fingerprint density at radius 2 is 2.00 bits per heavy atom. The number of nitrogens with one attached hydrogen (secondary N) is 2. The maximum atomic E-state index is 11.4. The smallest absolute Gasteiger partial charge is 0.238 e. The standard InChI is InChI=1S/C20H23N5O3S/c21-29(26,27)18-8-6-16(7-9-18)24-20-23-12-15-4-1-3-14(19(15)25-20)11-22-13-17-5-2-10-28-17/h1,3-4,6-9,12,17,22H,2,5,10-11,13H2,(H2,21,26,27)(H,23,24,25). The molecule has 0 amide bonds. The third-order valence-corrected chi connectivity index (χ3v) is 5.77. The second-order valence-electron chi connectivity index (χ2n) is 7.01. The third-order valence-electron chi connectivity index (χ3n) is 4.84. The molecule has 4 rings (SSSR count). The van der Waals surface area contributed by atoms with Crippen molar-refractivity contribution in [3.05, 3.63) is 54.2 Å². The maximum Gasteiger partial charge on any atom is 0.238 e. The van der Waals surface area contributed by atoms with Crippen LogP contribution in [0.1, 0.15) is 18.4 Å². The number of primary sulfonamides is 1. The van der Waals surface area contributed by atoms with E-state index >= 15 is 0 Å². The van der Waals surface area contributed by atoms with Crippen LogP contribution in [0, 0.1) is 0 Å². The van der Waals surface area contributed by atoms with Gasteiger partial charge in [-0.1, -0.05) is 18.2 Å². The number of nitrogens with zero attached hydrogens (tertiary/aromatic N) is 2. The molecular weight excluding hydrogens is 390 g/mol. The fraction of sp³-hybridized carbons (Fsp3) is 0.300. The summed E-state index contributed by atoms with van der Waals surface area (Å²) in [5.74, 6) is 0.437. The minimum atomic E-state index is -3.72. The summed E-state index contributed by atoms with van der Waals surface area (Å²) in [5.41, 5.74) is 2.62. The zero-order valence-corrected chi connectivity index (χ0v) is 16.7. The van der Waals surface area contributed by atoms with E-state index < -0.39 is 10.0 Å². The van der Waals surface area contributed by atoms with Gasteiger partial charge < -0.3 is 15.4 Å². The Bertz CT molecular complexity index is 1100. The number of hydrogen-bond acceptors (Lipinski definition) is 7. The van der Waals surface area contributed by atoms with Crippen LogP contribution in [0.2, 0.25) is 0 Å². The molecule has 0 bridgehead atoms. The van der Waals surface area contributed by atoms with Crippen LogP contribution in [0.5, 0.6) is 0 Å². The van der Waals surface area contributed by atoms with Gasteiger partial charge in [-0.05, 0) is 42.7 Å². The molecule has 1 fully saturated rings. The molecule has 0 aliphatic carbocycles. The summed E-state index contributed by atoms with van der Waals surface area (Å²) in [6, 6.07) is 12.2. The molecule has 1 atom stereocenters. The van der Waals surface area contributed by atoms with E-state index in [4.69, 9.17) is 9.88 Å². The van der Waals surface area contributed by atoms with Gasteiger partial charge in [0.1, 0.15) is 0 Å². The third kappa shape index (κ3) is 4.88. The lowest BCUT2D eigenvalue weighted by molar-refractivity contribution is 0.110. The van der Waals surface area contributed by atoms with Gasteiger partial charge in [-0.3, -0.25) is 0 Å². The first-order chi connectivity index (χ1) is 14.0. The summed E-state index contributed by atoms with van der Waals surface area (Å²) in [4.78, 5) is 9.07. The molecule has 9 heteroatoms. The number of sulfonamides is 1. The molecule has 1 saturated heterocycles. The van der Waals surface area contributed by atoms with Crippen molar-refractivity contribution >= 4 is 32.6 Å². The summed E-state index contributed by atoms with van der Waals surface area (Å²) >= 11 is 0. The van der Waals surface area contributed by atoms with Crippen LogP contribution in [0.3, 0.4) is 0 Å². The van der Waals surface area contributed by atoms with Crippen LogP contribution in [-0.2, 0) is 21.3 Å². The second-order valence-corrected chi connectivity index (χ2v) is 8.57. The Hall–Kier alpha value is -2.59. The maximum absolute atomic E-state index is 11.4. The number of ether oxygens (including phenoxy) is 1. The number of hydrogen-bond donors (Lipinski definition) is 3. The highest BCUT2D eigenvalue weighted by atomic mass is 32.2. The lowest BCUT2D eigenvalue weighted by atomic mass is 10.1. The van der Waals surface area contributed by atoms with Crippen molar-refractivity contribution in [2.75, 3.05) is 18.5 Å². The van der Waals surface area contributed by atoms with Crippen molar-refractivity contribution in [1.82, 2.24) is 15.3 Å². The lowest BCUT2D eigenvalue weighted by Gasteiger charge is -2.12. The summed E-state index contributed by atoms with van der Waals surface area (Å²) in [6.07, 6.45) is 4.29. The van der Waals surface area contributed by atoms with Crippen molar-refractivity contribution in [3.8, 4) is 0 Å². The van der Waals surface area contributed by atoms with Gasteiger partial charge in [0.15, 0.2) is 0 Å². The van der Waals surface area contributed by atoms with Crippen LogP contribution in [0.25, 0.3) is 10.9 Å². The summed E-state index contributed by atoms with van der Waals surface area (Å²) in [7, 11) is -3.72. The van der Waals surface area contributed by atoms with Gasteiger partial charge in [0, 0.05) is 37.0 Å². The summed E-state index contributed by atoms with van der Waals surface area (Å²) in [5, 5.41) is 12.6. The van der Waals surface area contributed by atoms with Crippen molar-refractivity contribution in [2.45, 2.75) is 30.4 Å². The number of rotatable bonds is 7. The van der Waals surface area contributed by atoms with Gasteiger partial charge in [-0.2, -0.15) is 0 Å². The minimum absolute atomic E-state index is 0.0575. The second kappa shape index (κ2) is 8.42. The normalized spacial score (nSPS) is 16.9. The van der Waals surface area contributed by atoms with Gasteiger partial charge in [-0.25, -0.2) is 23.5 Å². The number of anilines is 2. The number of aromatic nitrogens is 2. The Balaban J connectivity index is 1.50. The molecule has 1 aliphatic heterocycles. The Labute approximate surface area is 169 Å². The van der Waals surface area contributed by atoms with E-state index in [0.717, 1.165) is 42.5 Å². The molecule has 4 N–H and O–H groups in total. The number of para-hydroxylation sites is 1. The first-order valence-electron chi connectivity index (χ1n) is 9.46. The minimum Gasteiger partial charge on any atom is -0.377 e. The van der Waals surface area contributed by atoms with Gasteiger partial charge >= 0.3 is 0 Å². The van der Waals surface area contributed by atoms with Crippen LogP contribution in [0.15, 0.2) is 53.6 Å². The molecule has 1 unspecified atom stereocenters. The van der Waals surface area contributed by atoms with Crippen LogP contribution in [-0.4, -0.2) is 37.6 Å². The summed E-state index contributed by atoms with van der Waals surface area (Å²) in [6.45, 7) is 2.36. The van der Waals surface area contributed by atoms with Crippen molar-refractivity contribution in [1.29, 1.82) is 0 Å². The van der Waals surface area contributed by atoms with E-state index in [9.17, 15) is 8.42 Å². The molecule has 152 valence electrons. The Morgan fingerprint density at radius 3 is 2.72 bits per heavy atom. The van der Waals surface area contributed by atoms with Gasteiger partial charge in [0.2, 0.25) is 16.0 Å². The Kier molecular flexibility index (Phi) is 5.72. The lowest BCUT2D eigenvalue weighted by Crippen LogP contribution is -2.25. The highest BCUT2D eigenvalue weighted by Gasteiger charge is 2.15. The number of fused-ring (bicyclic) bond motifs is 1. The first-order valence-corrected chi connectivity index (χ1v) is 11.0. The van der Waals surface area contributed by atoms with E-state index in [0.29, 0.717) is 18.2 Å². The highest BCUT2D eigenvalue weighted by Crippen LogP contribution is 2.21. The predicted octanol–water partition coefficient (Wildman–Crippen LogP) is 2.29. The summed E-state index contributed by atoms with van der Waals surface area (Å²) < 4.78 is 28.4. The molecule has 1 aromatic heterocycles. The van der Waals surface area contributed by atoms with E-state index in [2.05, 4.69) is 20.6 Å². The quantitative estimate of drug-likeness (QED) is 0.544. The van der Waals surface area contributed by atoms with Crippen molar-refractivity contribution in [3.63, 3.8) is 0 Å². The van der Waals surface area contributed by atoms with E-state index in [1.54, 1.807) is 18.3 Å². The molecule has 2 aromatic carbocycles. The van der Waals surface area contributed by atoms with Crippen LogP contribution in [0.4, 0.5) is 11.6 Å². The SMILES string of the molecule is NS(=O)(=O)c1ccc(Nc2ncc3cccc(CNCC4CCCO4)c3n2)cc1. The molecule has 0 saturated carbocycles. The Morgan fingerprint density at radius 1 is 1.17 bits per heavy atom. The average molecular weight is 414 g/mol. The average Bonchev–Trinajstić information content (AvgIpc) is 3.21. The molecule has 2 heterocycles. The van der Waals surface area contributed by atoms with E-state index in [-0.39, 0.29) is 11.0 Å². The molecule has 0 radical (unpaired) electrons. The van der Waals surface area contributed by atoms with E-state index in [1.165, 1.54) is 12.1 Å². The highest BCUT2D eigenvalue weighted by molar-refractivity contribution is 7.89. The molecule has 8 nitrogen and oxygen atoms in total.